The van der Waals surface area contributed by atoms with Crippen LogP contribution < -0.4 is 5.73 Å². The summed E-state index contributed by atoms with van der Waals surface area (Å²) in [6.07, 6.45) is 0. The highest BCUT2D eigenvalue weighted by Gasteiger charge is 2.19. The van der Waals surface area contributed by atoms with Gasteiger partial charge in [-0.15, -0.1) is 11.3 Å². The van der Waals surface area contributed by atoms with Crippen LogP contribution in [0.2, 0.25) is 0 Å². The molecule has 5 heteroatoms. The lowest BCUT2D eigenvalue weighted by Gasteiger charge is -2.17. The highest BCUT2D eigenvalue weighted by Crippen LogP contribution is 2.31. The molecule has 2 N–H and O–H groups in total. The van der Waals surface area contributed by atoms with E-state index in [4.69, 9.17) is 5.73 Å². The van der Waals surface area contributed by atoms with Gasteiger partial charge in [-0.1, -0.05) is 0 Å². The third-order valence-corrected chi connectivity index (χ3v) is 3.90. The number of nitrogens with two attached hydrogens (primary N) is 1. The van der Waals surface area contributed by atoms with E-state index in [0.29, 0.717) is 5.82 Å². The number of thiophene rings is 1. The highest BCUT2D eigenvalue weighted by molar-refractivity contribution is 9.11. The van der Waals surface area contributed by atoms with E-state index in [1.807, 2.05) is 39.0 Å². The Morgan fingerprint density at radius 1 is 1.29 bits per heavy atom. The smallest absolute Gasteiger partial charge is 0.148 e. The number of halogens is 1. The van der Waals surface area contributed by atoms with Crippen molar-refractivity contribution in [2.24, 2.45) is 5.73 Å². The second-order valence-corrected chi connectivity index (χ2v) is 7.01. The van der Waals surface area contributed by atoms with Crippen LogP contribution in [-0.4, -0.2) is 9.97 Å². The zero-order chi connectivity index (χ0) is 12.6. The molecule has 0 fully saturated rings. The third kappa shape index (κ3) is 2.91. The van der Waals surface area contributed by atoms with Crippen molar-refractivity contribution < 1.29 is 0 Å². The molecule has 17 heavy (non-hydrogen) atoms. The Morgan fingerprint density at radius 3 is 2.53 bits per heavy atom. The number of nitrogens with zero attached hydrogens (tertiary/aromatic N) is 2. The number of aryl methyl sites for hydroxylation is 1. The highest BCUT2D eigenvalue weighted by atomic mass is 79.9. The van der Waals surface area contributed by atoms with Crippen LogP contribution in [0.25, 0.3) is 10.6 Å². The summed E-state index contributed by atoms with van der Waals surface area (Å²) in [5.74, 6) is 0.678. The predicted molar refractivity (Wildman–Crippen MR) is 75.0 cm³/mol. The van der Waals surface area contributed by atoms with E-state index in [1.54, 1.807) is 11.3 Å². The van der Waals surface area contributed by atoms with Gasteiger partial charge >= 0.3 is 0 Å². The summed E-state index contributed by atoms with van der Waals surface area (Å²) >= 11 is 5.11. The molecule has 0 saturated heterocycles. The van der Waals surface area contributed by atoms with Gasteiger partial charge < -0.3 is 5.73 Å². The minimum atomic E-state index is -0.519. The maximum atomic E-state index is 6.05. The van der Waals surface area contributed by atoms with E-state index in [9.17, 15) is 0 Å². The zero-order valence-electron chi connectivity index (χ0n) is 9.99. The summed E-state index contributed by atoms with van der Waals surface area (Å²) in [5.41, 5.74) is 7.40. The van der Waals surface area contributed by atoms with Gasteiger partial charge in [0.25, 0.3) is 0 Å². The summed E-state index contributed by atoms with van der Waals surface area (Å²) < 4.78 is 1.09. The maximum absolute atomic E-state index is 6.05. The van der Waals surface area contributed by atoms with E-state index in [1.165, 1.54) is 0 Å². The number of hydrogen-bond donors (Lipinski definition) is 1. The molecule has 3 nitrogen and oxygen atoms in total. The first-order valence-electron chi connectivity index (χ1n) is 5.27. The van der Waals surface area contributed by atoms with Gasteiger partial charge in [0.05, 0.1) is 19.9 Å². The molecule has 0 saturated carbocycles. The number of rotatable bonds is 2. The second-order valence-electron chi connectivity index (χ2n) is 4.54. The maximum Gasteiger partial charge on any atom is 0.148 e. The van der Waals surface area contributed by atoms with Crippen LogP contribution in [0.1, 0.15) is 25.4 Å². The Balaban J connectivity index is 2.52. The minimum absolute atomic E-state index is 0.519. The second kappa shape index (κ2) is 4.48. The van der Waals surface area contributed by atoms with E-state index in [0.717, 1.165) is 20.1 Å². The van der Waals surface area contributed by atoms with Gasteiger partial charge in [0.15, 0.2) is 0 Å². The topological polar surface area (TPSA) is 51.8 Å². The normalized spacial score (nSPS) is 11.8. The largest absolute Gasteiger partial charge is 0.319 e. The molecule has 0 aliphatic carbocycles. The summed E-state index contributed by atoms with van der Waals surface area (Å²) in [6, 6.07) is 6.04. The first-order valence-corrected chi connectivity index (χ1v) is 6.88. The first-order chi connectivity index (χ1) is 7.86. The van der Waals surface area contributed by atoms with Gasteiger partial charge in [0.2, 0.25) is 0 Å². The molecule has 0 aromatic carbocycles. The van der Waals surface area contributed by atoms with Gasteiger partial charge in [0, 0.05) is 5.69 Å². The van der Waals surface area contributed by atoms with Crippen molar-refractivity contribution >= 4 is 27.3 Å². The molecule has 0 unspecified atom stereocenters. The fourth-order valence-corrected chi connectivity index (χ4v) is 2.78. The van der Waals surface area contributed by atoms with E-state index in [2.05, 4.69) is 25.9 Å². The Kier molecular flexibility index (Phi) is 3.34. The van der Waals surface area contributed by atoms with Crippen molar-refractivity contribution in [2.45, 2.75) is 26.3 Å². The Hall–Kier alpha value is -0.780. The zero-order valence-corrected chi connectivity index (χ0v) is 12.4. The minimum Gasteiger partial charge on any atom is -0.319 e. The van der Waals surface area contributed by atoms with Crippen molar-refractivity contribution in [1.82, 2.24) is 9.97 Å². The molecule has 2 aromatic heterocycles. The van der Waals surface area contributed by atoms with Gasteiger partial charge in [-0.3, -0.25) is 0 Å². The molecule has 0 radical (unpaired) electrons. The van der Waals surface area contributed by atoms with Crippen LogP contribution in [-0.2, 0) is 5.54 Å². The van der Waals surface area contributed by atoms with Crippen LogP contribution in [0.3, 0.4) is 0 Å². The quantitative estimate of drug-likeness (QED) is 0.924. The van der Waals surface area contributed by atoms with Crippen LogP contribution in [0, 0.1) is 6.92 Å². The van der Waals surface area contributed by atoms with Gasteiger partial charge in [-0.2, -0.15) is 0 Å². The molecule has 0 amide bonds. The summed E-state index contributed by atoms with van der Waals surface area (Å²) in [4.78, 5) is 10.1. The summed E-state index contributed by atoms with van der Waals surface area (Å²) in [6.45, 7) is 5.79. The SMILES string of the molecule is Cc1cc(-c2ccc(Br)s2)nc(C(C)(C)N)n1. The predicted octanol–water partition coefficient (Wildman–Crippen LogP) is 3.47. The molecule has 90 valence electrons. The van der Waals surface area contributed by atoms with E-state index >= 15 is 0 Å². The van der Waals surface area contributed by atoms with Crippen molar-refractivity contribution in [3.8, 4) is 10.6 Å². The molecule has 0 aliphatic rings. The van der Waals surface area contributed by atoms with Crippen LogP contribution in [0.5, 0.6) is 0 Å². The first kappa shape index (κ1) is 12.7. The Morgan fingerprint density at radius 2 is 2.00 bits per heavy atom. The van der Waals surface area contributed by atoms with Gasteiger partial charge in [-0.05, 0) is 54.9 Å². The van der Waals surface area contributed by atoms with E-state index in [-0.39, 0.29) is 0 Å². The average Bonchev–Trinajstić information content (AvgIpc) is 2.62. The molecule has 0 bridgehead atoms. The molecule has 0 spiro atoms. The number of hydrogen-bond acceptors (Lipinski definition) is 4. The Labute approximate surface area is 113 Å². The van der Waals surface area contributed by atoms with Crippen LogP contribution in [0.4, 0.5) is 0 Å². The molecular weight excluding hydrogens is 298 g/mol. The molecule has 0 atom stereocenters. The summed E-state index contributed by atoms with van der Waals surface area (Å²) in [7, 11) is 0. The molecular formula is C12H14BrN3S. The van der Waals surface area contributed by atoms with Crippen molar-refractivity contribution in [3.05, 3.63) is 33.5 Å². The monoisotopic (exact) mass is 311 g/mol. The fraction of sp³-hybridized carbons (Fsp3) is 0.333. The Bertz CT molecular complexity index is 543. The number of aromatic nitrogens is 2. The lowest BCUT2D eigenvalue weighted by atomic mass is 10.1. The average molecular weight is 312 g/mol. The molecule has 2 heterocycles. The van der Waals surface area contributed by atoms with Crippen LogP contribution >= 0.6 is 27.3 Å². The van der Waals surface area contributed by atoms with Crippen molar-refractivity contribution in [1.29, 1.82) is 0 Å². The molecule has 2 aromatic rings. The van der Waals surface area contributed by atoms with Crippen molar-refractivity contribution in [2.75, 3.05) is 0 Å². The standard InChI is InChI=1S/C12H14BrN3S/c1-7-6-8(9-4-5-10(13)17-9)16-11(15-7)12(2,3)14/h4-6H,14H2,1-3H3. The summed E-state index contributed by atoms with van der Waals surface area (Å²) in [5, 5.41) is 0. The van der Waals surface area contributed by atoms with Gasteiger partial charge in [0.1, 0.15) is 5.82 Å². The molecule has 0 aliphatic heterocycles. The fourth-order valence-electron chi connectivity index (χ4n) is 1.43. The lowest BCUT2D eigenvalue weighted by Crippen LogP contribution is -2.31. The van der Waals surface area contributed by atoms with Crippen molar-refractivity contribution in [3.63, 3.8) is 0 Å². The van der Waals surface area contributed by atoms with E-state index < -0.39 is 5.54 Å². The van der Waals surface area contributed by atoms with Crippen LogP contribution in [0.15, 0.2) is 22.0 Å². The lowest BCUT2D eigenvalue weighted by molar-refractivity contribution is 0.513. The van der Waals surface area contributed by atoms with Gasteiger partial charge in [-0.25, -0.2) is 9.97 Å². The third-order valence-electron chi connectivity index (χ3n) is 2.26. The molecule has 2 rings (SSSR count).